The van der Waals surface area contributed by atoms with Crippen LogP contribution in [0, 0.1) is 29.5 Å². The van der Waals surface area contributed by atoms with E-state index in [1.807, 2.05) is 0 Å². The number of ketones is 1. The van der Waals surface area contributed by atoms with Crippen molar-refractivity contribution < 1.29 is 28.3 Å². The van der Waals surface area contributed by atoms with Crippen molar-refractivity contribution in [2.45, 2.75) is 38.2 Å². The number of carbonyl (C=O) groups excluding carboxylic acids is 4. The standard InChI is InChI=1S/C22H23ClFNO5/c23-9-7-16(20(27)12-3-5-15(24)6-4-12)30-17(26)8-10-25-21(28)18-13-1-2-14(11-13)19(18)22(25)29/h3-6,13-14,16,18-19H,1-2,7-11H2/t13-,14+,16-,18-,19-/m0/s1. The lowest BCUT2D eigenvalue weighted by Gasteiger charge is -2.19. The zero-order chi connectivity index (χ0) is 21.4. The zero-order valence-corrected chi connectivity index (χ0v) is 17.1. The summed E-state index contributed by atoms with van der Waals surface area (Å²) in [6, 6.07) is 4.95. The number of carbonyl (C=O) groups is 4. The van der Waals surface area contributed by atoms with Crippen LogP contribution >= 0.6 is 11.6 Å². The van der Waals surface area contributed by atoms with E-state index in [0.29, 0.717) is 0 Å². The molecule has 160 valence electrons. The van der Waals surface area contributed by atoms with Crippen LogP contribution in [0.5, 0.6) is 0 Å². The summed E-state index contributed by atoms with van der Waals surface area (Å²) >= 11 is 5.74. The van der Waals surface area contributed by atoms with Crippen molar-refractivity contribution in [3.63, 3.8) is 0 Å². The van der Waals surface area contributed by atoms with Crippen molar-refractivity contribution in [2.75, 3.05) is 12.4 Å². The number of halogens is 2. The summed E-state index contributed by atoms with van der Waals surface area (Å²) in [5.41, 5.74) is 0.215. The van der Waals surface area contributed by atoms with Crippen LogP contribution < -0.4 is 0 Å². The zero-order valence-electron chi connectivity index (χ0n) is 16.4. The molecule has 1 heterocycles. The fourth-order valence-corrected chi connectivity index (χ4v) is 5.45. The molecular weight excluding hydrogens is 413 g/mol. The third kappa shape index (κ3) is 3.75. The largest absolute Gasteiger partial charge is 0.454 e. The van der Waals surface area contributed by atoms with Gasteiger partial charge >= 0.3 is 5.97 Å². The Morgan fingerprint density at radius 3 is 2.27 bits per heavy atom. The first kappa shape index (κ1) is 21.0. The maximum atomic E-state index is 13.1. The Hall–Kier alpha value is -2.28. The molecule has 0 aromatic heterocycles. The Labute approximate surface area is 178 Å². The third-order valence-corrected chi connectivity index (χ3v) is 6.84. The van der Waals surface area contributed by atoms with Crippen LogP contribution in [0.25, 0.3) is 0 Å². The summed E-state index contributed by atoms with van der Waals surface area (Å²) in [6.07, 6.45) is 1.77. The van der Waals surface area contributed by atoms with E-state index >= 15 is 0 Å². The number of ether oxygens (including phenoxy) is 1. The van der Waals surface area contributed by atoms with Gasteiger partial charge in [-0.15, -0.1) is 11.6 Å². The van der Waals surface area contributed by atoms with E-state index in [9.17, 15) is 23.6 Å². The van der Waals surface area contributed by atoms with Crippen LogP contribution in [0.2, 0.25) is 0 Å². The van der Waals surface area contributed by atoms with E-state index < -0.39 is 23.7 Å². The lowest BCUT2D eigenvalue weighted by molar-refractivity contribution is -0.148. The summed E-state index contributed by atoms with van der Waals surface area (Å²) in [4.78, 5) is 51.5. The van der Waals surface area contributed by atoms with Crippen molar-refractivity contribution in [3.05, 3.63) is 35.6 Å². The van der Waals surface area contributed by atoms with Gasteiger partial charge in [0.1, 0.15) is 5.82 Å². The van der Waals surface area contributed by atoms with E-state index in [1.54, 1.807) is 0 Å². The maximum Gasteiger partial charge on any atom is 0.308 e. The van der Waals surface area contributed by atoms with Gasteiger partial charge in [-0.3, -0.25) is 24.1 Å². The lowest BCUT2D eigenvalue weighted by Crippen LogP contribution is -2.36. The van der Waals surface area contributed by atoms with Crippen molar-refractivity contribution in [2.24, 2.45) is 23.7 Å². The van der Waals surface area contributed by atoms with Crippen molar-refractivity contribution >= 4 is 35.2 Å². The molecule has 5 atom stereocenters. The van der Waals surface area contributed by atoms with Gasteiger partial charge < -0.3 is 4.74 Å². The number of rotatable bonds is 8. The fourth-order valence-electron chi connectivity index (χ4n) is 5.25. The topological polar surface area (TPSA) is 80.8 Å². The minimum Gasteiger partial charge on any atom is -0.454 e. The van der Waals surface area contributed by atoms with Crippen molar-refractivity contribution in [3.8, 4) is 0 Å². The number of benzene rings is 1. The Morgan fingerprint density at radius 1 is 1.10 bits per heavy atom. The molecule has 3 fully saturated rings. The van der Waals surface area contributed by atoms with E-state index in [2.05, 4.69) is 0 Å². The van der Waals surface area contributed by atoms with Crippen LogP contribution in [0.15, 0.2) is 24.3 Å². The predicted molar refractivity (Wildman–Crippen MR) is 105 cm³/mol. The van der Waals surface area contributed by atoms with E-state index in [1.165, 1.54) is 17.0 Å². The second kappa shape index (κ2) is 8.46. The Bertz CT molecular complexity index is 845. The van der Waals surface area contributed by atoms with Gasteiger partial charge in [-0.25, -0.2) is 4.39 Å². The predicted octanol–water partition coefficient (Wildman–Crippen LogP) is 2.97. The monoisotopic (exact) mass is 435 g/mol. The first-order valence-electron chi connectivity index (χ1n) is 10.3. The molecule has 1 aromatic carbocycles. The van der Waals surface area contributed by atoms with Crippen LogP contribution in [0.3, 0.4) is 0 Å². The highest BCUT2D eigenvalue weighted by Gasteiger charge is 2.60. The molecule has 2 aliphatic carbocycles. The molecule has 2 amide bonds. The molecule has 2 saturated carbocycles. The number of nitrogens with zero attached hydrogens (tertiary/aromatic N) is 1. The molecule has 0 unspecified atom stereocenters. The summed E-state index contributed by atoms with van der Waals surface area (Å²) in [5, 5.41) is 0. The van der Waals surface area contributed by atoms with Crippen LogP contribution in [-0.2, 0) is 19.1 Å². The molecule has 3 aliphatic rings. The molecule has 1 aromatic rings. The van der Waals surface area contributed by atoms with E-state index in [0.717, 1.165) is 31.4 Å². The van der Waals surface area contributed by atoms with Gasteiger partial charge in [0.25, 0.3) is 0 Å². The maximum absolute atomic E-state index is 13.1. The number of amides is 2. The number of Topliss-reactive ketones (excluding diaryl/α,β-unsaturated/α-hetero) is 1. The van der Waals surface area contributed by atoms with Gasteiger partial charge in [-0.2, -0.15) is 0 Å². The Morgan fingerprint density at radius 2 is 1.70 bits per heavy atom. The number of likely N-dealkylation sites (tertiary alicyclic amines) is 1. The van der Waals surface area contributed by atoms with Gasteiger partial charge in [0.2, 0.25) is 17.6 Å². The first-order valence-corrected chi connectivity index (χ1v) is 10.8. The SMILES string of the molecule is O=C(CCN1C(=O)[C@H]2[C@@H]3CC[C@@H](C3)[C@@H]2C1=O)O[C@@H](CCCl)C(=O)c1ccc(F)cc1. The molecular formula is C22H23ClFNO5. The summed E-state index contributed by atoms with van der Waals surface area (Å²) < 4.78 is 18.4. The van der Waals surface area contributed by atoms with Crippen LogP contribution in [0.1, 0.15) is 42.5 Å². The first-order chi connectivity index (χ1) is 14.4. The van der Waals surface area contributed by atoms with Gasteiger partial charge in [-0.1, -0.05) is 0 Å². The molecule has 1 aliphatic heterocycles. The number of imide groups is 1. The highest BCUT2D eigenvalue weighted by Crippen LogP contribution is 2.56. The van der Waals surface area contributed by atoms with E-state index in [-0.39, 0.29) is 66.3 Å². The summed E-state index contributed by atoms with van der Waals surface area (Å²) in [6.45, 7) is -0.0404. The van der Waals surface area contributed by atoms with Gasteiger partial charge in [0.15, 0.2) is 6.10 Å². The highest BCUT2D eigenvalue weighted by molar-refractivity contribution is 6.18. The highest BCUT2D eigenvalue weighted by atomic mass is 35.5. The second-order valence-electron chi connectivity index (χ2n) is 8.29. The quantitative estimate of drug-likeness (QED) is 0.271. The number of hydrogen-bond acceptors (Lipinski definition) is 5. The van der Waals surface area contributed by atoms with Gasteiger partial charge in [-0.05, 0) is 55.4 Å². The minimum atomic E-state index is -1.10. The number of fused-ring (bicyclic) bond motifs is 5. The molecule has 8 heteroatoms. The van der Waals surface area contributed by atoms with Gasteiger partial charge in [0, 0.05) is 24.4 Å². The molecule has 0 N–H and O–H groups in total. The molecule has 30 heavy (non-hydrogen) atoms. The van der Waals surface area contributed by atoms with Crippen LogP contribution in [-0.4, -0.2) is 47.0 Å². The molecule has 2 bridgehead atoms. The van der Waals surface area contributed by atoms with Crippen molar-refractivity contribution in [1.29, 1.82) is 0 Å². The van der Waals surface area contributed by atoms with Crippen LogP contribution in [0.4, 0.5) is 4.39 Å². The molecule has 0 spiro atoms. The summed E-state index contributed by atoms with van der Waals surface area (Å²) in [7, 11) is 0. The normalized spacial score (nSPS) is 28.0. The minimum absolute atomic E-state index is 0.0404. The number of esters is 1. The third-order valence-electron chi connectivity index (χ3n) is 6.62. The lowest BCUT2D eigenvalue weighted by atomic mass is 9.81. The smallest absolute Gasteiger partial charge is 0.308 e. The average molecular weight is 436 g/mol. The second-order valence-corrected chi connectivity index (χ2v) is 8.67. The summed E-state index contributed by atoms with van der Waals surface area (Å²) in [5.74, 6) is -1.76. The molecule has 4 rings (SSSR count). The Kier molecular flexibility index (Phi) is 5.91. The molecule has 6 nitrogen and oxygen atoms in total. The van der Waals surface area contributed by atoms with Gasteiger partial charge in [0.05, 0.1) is 18.3 Å². The molecule has 0 radical (unpaired) electrons. The average Bonchev–Trinajstić information content (AvgIpc) is 3.40. The molecule has 1 saturated heterocycles. The van der Waals surface area contributed by atoms with Crippen molar-refractivity contribution in [1.82, 2.24) is 4.90 Å². The number of alkyl halides is 1. The fraction of sp³-hybridized carbons (Fsp3) is 0.545. The Balaban J connectivity index is 1.35. The van der Waals surface area contributed by atoms with E-state index in [4.69, 9.17) is 16.3 Å². The number of hydrogen-bond donors (Lipinski definition) is 0.